The first-order valence-electron chi connectivity index (χ1n) is 6.13. The Kier molecular flexibility index (Phi) is 3.60. The van der Waals surface area contributed by atoms with Gasteiger partial charge in [-0.3, -0.25) is 4.79 Å². The predicted octanol–water partition coefficient (Wildman–Crippen LogP) is 3.19. The molecule has 1 aromatic heterocycles. The second-order valence-corrected chi connectivity index (χ2v) is 4.73. The molecule has 0 aliphatic rings. The lowest BCUT2D eigenvalue weighted by Crippen LogP contribution is -2.18. The van der Waals surface area contributed by atoms with Gasteiger partial charge in [-0.1, -0.05) is 29.4 Å². The van der Waals surface area contributed by atoms with Crippen LogP contribution in [0.15, 0.2) is 46.5 Å². The first-order valence-corrected chi connectivity index (χ1v) is 6.13. The van der Waals surface area contributed by atoms with Gasteiger partial charge in [0.05, 0.1) is 0 Å². The Morgan fingerprint density at radius 2 is 1.79 bits per heavy atom. The normalized spacial score (nSPS) is 12.2. The lowest BCUT2D eigenvalue weighted by Gasteiger charge is -2.08. The Balaban J connectivity index is 2.43. The largest absolute Gasteiger partial charge is 0.318 e. The molecule has 1 heterocycles. The van der Waals surface area contributed by atoms with E-state index in [1.807, 2.05) is 36.5 Å². The van der Waals surface area contributed by atoms with Gasteiger partial charge >= 0.3 is 0 Å². The first-order chi connectivity index (χ1) is 9.02. The maximum atomic E-state index is 11.7. The molecule has 0 spiro atoms. The molecule has 0 saturated carbocycles. The average molecular weight is 256 g/mol. The van der Waals surface area contributed by atoms with E-state index < -0.39 is 0 Å². The SMILES string of the molecule is Cc1cc(-c2ccc([C@@H](C)N=O)cc2)cn(C)c1=O. The van der Waals surface area contributed by atoms with E-state index in [0.717, 1.165) is 16.7 Å². The van der Waals surface area contributed by atoms with Crippen LogP contribution in [-0.2, 0) is 7.05 Å². The molecule has 0 saturated heterocycles. The van der Waals surface area contributed by atoms with E-state index in [0.29, 0.717) is 5.56 Å². The van der Waals surface area contributed by atoms with Crippen molar-refractivity contribution in [1.29, 1.82) is 0 Å². The summed E-state index contributed by atoms with van der Waals surface area (Å²) in [6.07, 6.45) is 1.81. The van der Waals surface area contributed by atoms with Crippen LogP contribution < -0.4 is 5.56 Å². The number of aromatic nitrogens is 1. The van der Waals surface area contributed by atoms with E-state index >= 15 is 0 Å². The average Bonchev–Trinajstić information content (AvgIpc) is 2.43. The van der Waals surface area contributed by atoms with Gasteiger partial charge < -0.3 is 4.57 Å². The molecule has 1 atom stereocenters. The van der Waals surface area contributed by atoms with Gasteiger partial charge in [0.15, 0.2) is 0 Å². The molecule has 4 heteroatoms. The zero-order valence-electron chi connectivity index (χ0n) is 11.3. The molecule has 0 radical (unpaired) electrons. The van der Waals surface area contributed by atoms with E-state index in [1.54, 1.807) is 25.5 Å². The second-order valence-electron chi connectivity index (χ2n) is 4.73. The fourth-order valence-corrected chi connectivity index (χ4v) is 2.05. The van der Waals surface area contributed by atoms with Gasteiger partial charge in [-0.25, -0.2) is 0 Å². The van der Waals surface area contributed by atoms with Gasteiger partial charge in [-0.05, 0) is 36.6 Å². The summed E-state index contributed by atoms with van der Waals surface area (Å²) in [5.41, 5.74) is 3.62. The van der Waals surface area contributed by atoms with Gasteiger partial charge in [0, 0.05) is 18.8 Å². The quantitative estimate of drug-likeness (QED) is 0.792. The number of benzene rings is 1. The maximum absolute atomic E-state index is 11.7. The molecular formula is C15H16N2O2. The van der Waals surface area contributed by atoms with Crippen molar-refractivity contribution >= 4 is 0 Å². The van der Waals surface area contributed by atoms with Crippen LogP contribution >= 0.6 is 0 Å². The maximum Gasteiger partial charge on any atom is 0.253 e. The number of hydrogen-bond donors (Lipinski definition) is 0. The zero-order valence-corrected chi connectivity index (χ0v) is 11.3. The highest BCUT2D eigenvalue weighted by atomic mass is 16.3. The lowest BCUT2D eigenvalue weighted by atomic mass is 10.0. The summed E-state index contributed by atoms with van der Waals surface area (Å²) in [6, 6.07) is 9.20. The summed E-state index contributed by atoms with van der Waals surface area (Å²) in [6.45, 7) is 3.57. The number of hydrogen-bond acceptors (Lipinski definition) is 3. The fraction of sp³-hybridized carbons (Fsp3) is 0.267. The lowest BCUT2D eigenvalue weighted by molar-refractivity contribution is 0.811. The van der Waals surface area contributed by atoms with Gasteiger partial charge in [0.25, 0.3) is 5.56 Å². The Morgan fingerprint density at radius 1 is 1.16 bits per heavy atom. The Hall–Kier alpha value is -2.23. The van der Waals surface area contributed by atoms with Crippen molar-refractivity contribution in [2.45, 2.75) is 19.9 Å². The topological polar surface area (TPSA) is 51.4 Å². The number of pyridine rings is 1. The predicted molar refractivity (Wildman–Crippen MR) is 76.1 cm³/mol. The number of aryl methyl sites for hydroxylation is 2. The van der Waals surface area contributed by atoms with Crippen LogP contribution in [0.5, 0.6) is 0 Å². The molecule has 1 aromatic carbocycles. The van der Waals surface area contributed by atoms with Crippen molar-refractivity contribution in [3.05, 3.63) is 62.9 Å². The summed E-state index contributed by atoms with van der Waals surface area (Å²) in [7, 11) is 1.74. The van der Waals surface area contributed by atoms with Crippen LogP contribution in [-0.4, -0.2) is 4.57 Å². The molecular weight excluding hydrogens is 240 g/mol. The number of nitroso groups, excluding NO2 is 1. The Labute approximate surface area is 111 Å². The molecule has 0 bridgehead atoms. The van der Waals surface area contributed by atoms with Gasteiger partial charge in [0.2, 0.25) is 0 Å². The van der Waals surface area contributed by atoms with E-state index in [-0.39, 0.29) is 11.6 Å². The van der Waals surface area contributed by atoms with E-state index in [2.05, 4.69) is 5.18 Å². The van der Waals surface area contributed by atoms with Gasteiger partial charge in [-0.15, -0.1) is 0 Å². The van der Waals surface area contributed by atoms with Crippen LogP contribution in [0.2, 0.25) is 0 Å². The molecule has 0 fully saturated rings. The molecule has 0 N–H and O–H groups in total. The molecule has 2 aromatic rings. The fourth-order valence-electron chi connectivity index (χ4n) is 2.05. The first kappa shape index (κ1) is 13.2. The molecule has 0 unspecified atom stereocenters. The number of nitrogens with zero attached hydrogens (tertiary/aromatic N) is 2. The summed E-state index contributed by atoms with van der Waals surface area (Å²) in [4.78, 5) is 22.1. The summed E-state index contributed by atoms with van der Waals surface area (Å²) in [5.74, 6) is 0. The van der Waals surface area contributed by atoms with E-state index in [9.17, 15) is 9.70 Å². The molecule has 0 aliphatic heterocycles. The highest BCUT2D eigenvalue weighted by molar-refractivity contribution is 5.63. The Bertz CT molecular complexity index is 631. The van der Waals surface area contributed by atoms with Crippen LogP contribution in [0.4, 0.5) is 0 Å². The van der Waals surface area contributed by atoms with Crippen molar-refractivity contribution < 1.29 is 0 Å². The molecule has 4 nitrogen and oxygen atoms in total. The monoisotopic (exact) mass is 256 g/mol. The van der Waals surface area contributed by atoms with E-state index in [1.165, 1.54) is 0 Å². The van der Waals surface area contributed by atoms with E-state index in [4.69, 9.17) is 0 Å². The van der Waals surface area contributed by atoms with Crippen molar-refractivity contribution in [3.63, 3.8) is 0 Å². The molecule has 19 heavy (non-hydrogen) atoms. The summed E-state index contributed by atoms with van der Waals surface area (Å²) < 4.78 is 1.58. The van der Waals surface area contributed by atoms with Crippen molar-refractivity contribution in [1.82, 2.24) is 4.57 Å². The third kappa shape index (κ3) is 2.62. The van der Waals surface area contributed by atoms with Crippen molar-refractivity contribution in [3.8, 4) is 11.1 Å². The minimum atomic E-state index is -0.337. The van der Waals surface area contributed by atoms with Crippen LogP contribution in [0, 0.1) is 11.8 Å². The van der Waals surface area contributed by atoms with Crippen molar-refractivity contribution in [2.24, 2.45) is 12.2 Å². The van der Waals surface area contributed by atoms with Crippen molar-refractivity contribution in [2.75, 3.05) is 0 Å². The zero-order chi connectivity index (χ0) is 14.0. The minimum absolute atomic E-state index is 0.0131. The van der Waals surface area contributed by atoms with Gasteiger partial charge in [0.1, 0.15) is 6.04 Å². The highest BCUT2D eigenvalue weighted by Crippen LogP contribution is 2.23. The minimum Gasteiger partial charge on any atom is -0.318 e. The standard InChI is InChI=1S/C15H16N2O2/c1-10-8-14(9-17(3)15(10)18)13-6-4-12(5-7-13)11(2)16-19/h4-9,11H,1-3H3/t11-/m1/s1. The van der Waals surface area contributed by atoms with Gasteiger partial charge in [-0.2, -0.15) is 4.91 Å². The highest BCUT2D eigenvalue weighted by Gasteiger charge is 2.06. The molecule has 0 aliphatic carbocycles. The Morgan fingerprint density at radius 3 is 2.32 bits per heavy atom. The van der Waals surface area contributed by atoms with Crippen LogP contribution in [0.1, 0.15) is 24.1 Å². The summed E-state index contributed by atoms with van der Waals surface area (Å²) in [5, 5.41) is 3.01. The smallest absolute Gasteiger partial charge is 0.253 e. The molecule has 98 valence electrons. The third-order valence-electron chi connectivity index (χ3n) is 3.25. The molecule has 0 amide bonds. The second kappa shape index (κ2) is 5.18. The van der Waals surface area contributed by atoms with Crippen LogP contribution in [0.25, 0.3) is 11.1 Å². The summed E-state index contributed by atoms with van der Waals surface area (Å²) >= 11 is 0. The van der Waals surface area contributed by atoms with Crippen LogP contribution in [0.3, 0.4) is 0 Å². The third-order valence-corrected chi connectivity index (χ3v) is 3.25. The molecule has 2 rings (SSSR count). The number of rotatable bonds is 3.